The monoisotopic (exact) mass is 320 g/mol. The highest BCUT2D eigenvalue weighted by molar-refractivity contribution is 5.74. The molecule has 1 heterocycles. The molecule has 1 aromatic carbocycles. The molecule has 0 radical (unpaired) electrons. The third kappa shape index (κ3) is 6.10. The SMILES string of the molecule is Cc1ccc(OCCCCNC(=O)N2CCC(CO)CC2)cc1. The molecule has 1 fully saturated rings. The van der Waals surface area contributed by atoms with E-state index in [0.717, 1.165) is 44.5 Å². The molecule has 0 unspecified atom stereocenters. The van der Waals surface area contributed by atoms with Crippen molar-refractivity contribution in [3.8, 4) is 5.75 Å². The number of amides is 2. The Kier molecular flexibility index (Phi) is 7.20. The Labute approximate surface area is 138 Å². The van der Waals surface area contributed by atoms with Gasteiger partial charge in [0.05, 0.1) is 6.61 Å². The molecule has 0 bridgehead atoms. The lowest BCUT2D eigenvalue weighted by atomic mass is 9.98. The van der Waals surface area contributed by atoms with Crippen molar-refractivity contribution in [2.24, 2.45) is 5.92 Å². The Morgan fingerprint density at radius 2 is 1.96 bits per heavy atom. The van der Waals surface area contributed by atoms with Crippen molar-refractivity contribution < 1.29 is 14.6 Å². The highest BCUT2D eigenvalue weighted by Gasteiger charge is 2.21. The largest absolute Gasteiger partial charge is 0.494 e. The minimum atomic E-state index is 0.0147. The average molecular weight is 320 g/mol. The van der Waals surface area contributed by atoms with Gasteiger partial charge in [0.25, 0.3) is 0 Å². The lowest BCUT2D eigenvalue weighted by molar-refractivity contribution is 0.137. The Balaban J connectivity index is 1.52. The first-order valence-electron chi connectivity index (χ1n) is 8.52. The Morgan fingerprint density at radius 1 is 1.26 bits per heavy atom. The van der Waals surface area contributed by atoms with Gasteiger partial charge in [0, 0.05) is 26.2 Å². The van der Waals surface area contributed by atoms with Crippen molar-refractivity contribution >= 4 is 6.03 Å². The zero-order valence-electron chi connectivity index (χ0n) is 14.0. The van der Waals surface area contributed by atoms with Crippen LogP contribution in [0.3, 0.4) is 0 Å². The van der Waals surface area contributed by atoms with Crippen LogP contribution < -0.4 is 10.1 Å². The Morgan fingerprint density at radius 3 is 2.61 bits per heavy atom. The summed E-state index contributed by atoms with van der Waals surface area (Å²) in [5.41, 5.74) is 1.23. The van der Waals surface area contributed by atoms with Gasteiger partial charge in [-0.2, -0.15) is 0 Å². The Bertz CT molecular complexity index is 468. The number of piperidine rings is 1. The van der Waals surface area contributed by atoms with Gasteiger partial charge in [-0.25, -0.2) is 4.79 Å². The van der Waals surface area contributed by atoms with E-state index in [1.165, 1.54) is 5.56 Å². The van der Waals surface area contributed by atoms with Crippen molar-refractivity contribution in [2.75, 3.05) is 32.8 Å². The fourth-order valence-corrected chi connectivity index (χ4v) is 2.68. The Hall–Kier alpha value is -1.75. The van der Waals surface area contributed by atoms with Gasteiger partial charge in [-0.15, -0.1) is 0 Å². The number of nitrogens with zero attached hydrogens (tertiary/aromatic N) is 1. The van der Waals surface area contributed by atoms with Crippen LogP contribution in [0.2, 0.25) is 0 Å². The van der Waals surface area contributed by atoms with Gasteiger partial charge < -0.3 is 20.1 Å². The summed E-state index contributed by atoms with van der Waals surface area (Å²) in [6, 6.07) is 8.05. The lowest BCUT2D eigenvalue weighted by Gasteiger charge is -2.31. The topological polar surface area (TPSA) is 61.8 Å². The van der Waals surface area contributed by atoms with Crippen LogP contribution in [0.25, 0.3) is 0 Å². The van der Waals surface area contributed by atoms with Crippen molar-refractivity contribution in [3.63, 3.8) is 0 Å². The molecule has 23 heavy (non-hydrogen) atoms. The number of rotatable bonds is 7. The summed E-state index contributed by atoms with van der Waals surface area (Å²) in [7, 11) is 0. The number of carbonyl (C=O) groups excluding carboxylic acids is 1. The quantitative estimate of drug-likeness (QED) is 0.759. The molecule has 2 N–H and O–H groups in total. The predicted molar refractivity (Wildman–Crippen MR) is 90.7 cm³/mol. The number of unbranched alkanes of at least 4 members (excludes halogenated alkanes) is 1. The number of urea groups is 1. The van der Waals surface area contributed by atoms with Crippen molar-refractivity contribution in [1.82, 2.24) is 10.2 Å². The summed E-state index contributed by atoms with van der Waals surface area (Å²) in [5.74, 6) is 1.25. The predicted octanol–water partition coefficient (Wildman–Crippen LogP) is 2.57. The van der Waals surface area contributed by atoms with Crippen LogP contribution >= 0.6 is 0 Å². The van der Waals surface area contributed by atoms with Crippen LogP contribution in [-0.4, -0.2) is 48.9 Å². The lowest BCUT2D eigenvalue weighted by Crippen LogP contribution is -2.45. The second kappa shape index (κ2) is 9.40. The fourth-order valence-electron chi connectivity index (χ4n) is 2.68. The smallest absolute Gasteiger partial charge is 0.317 e. The van der Waals surface area contributed by atoms with Gasteiger partial charge in [0.2, 0.25) is 0 Å². The average Bonchev–Trinajstić information content (AvgIpc) is 2.59. The van der Waals surface area contributed by atoms with E-state index in [9.17, 15) is 4.79 Å². The molecular weight excluding hydrogens is 292 g/mol. The standard InChI is InChI=1S/C18H28N2O3/c1-15-4-6-17(7-5-15)23-13-3-2-10-19-18(22)20-11-8-16(14-21)9-12-20/h4-7,16,21H,2-3,8-14H2,1H3,(H,19,22). The van der Waals surface area contributed by atoms with E-state index < -0.39 is 0 Å². The number of likely N-dealkylation sites (tertiary alicyclic amines) is 1. The molecule has 0 spiro atoms. The molecule has 0 atom stereocenters. The number of benzene rings is 1. The summed E-state index contributed by atoms with van der Waals surface area (Å²) < 4.78 is 5.66. The number of carbonyl (C=O) groups is 1. The molecular formula is C18H28N2O3. The normalized spacial score (nSPS) is 15.5. The van der Waals surface area contributed by atoms with Crippen molar-refractivity contribution in [1.29, 1.82) is 0 Å². The number of aliphatic hydroxyl groups excluding tert-OH is 1. The zero-order valence-corrected chi connectivity index (χ0v) is 14.0. The van der Waals surface area contributed by atoms with Gasteiger partial charge in [0.1, 0.15) is 5.75 Å². The van der Waals surface area contributed by atoms with E-state index in [0.29, 0.717) is 19.1 Å². The van der Waals surface area contributed by atoms with E-state index in [2.05, 4.69) is 12.2 Å². The van der Waals surface area contributed by atoms with Crippen LogP contribution in [-0.2, 0) is 0 Å². The van der Waals surface area contributed by atoms with Crippen LogP contribution in [0, 0.1) is 12.8 Å². The maximum atomic E-state index is 12.0. The molecule has 0 aromatic heterocycles. The van der Waals surface area contributed by atoms with E-state index in [1.54, 1.807) is 0 Å². The second-order valence-electron chi connectivity index (χ2n) is 6.21. The van der Waals surface area contributed by atoms with Crippen molar-refractivity contribution in [3.05, 3.63) is 29.8 Å². The number of ether oxygens (including phenoxy) is 1. The first kappa shape index (κ1) is 17.6. The van der Waals surface area contributed by atoms with E-state index in [-0.39, 0.29) is 12.6 Å². The first-order chi connectivity index (χ1) is 11.2. The van der Waals surface area contributed by atoms with Crippen LogP contribution in [0.15, 0.2) is 24.3 Å². The summed E-state index contributed by atoms with van der Waals surface area (Å²) in [5, 5.41) is 12.1. The summed E-state index contributed by atoms with van der Waals surface area (Å²) in [6.07, 6.45) is 3.62. The molecule has 2 amide bonds. The number of nitrogens with one attached hydrogen (secondary N) is 1. The summed E-state index contributed by atoms with van der Waals surface area (Å²) >= 11 is 0. The maximum absolute atomic E-state index is 12.0. The third-order valence-electron chi connectivity index (χ3n) is 4.30. The van der Waals surface area contributed by atoms with Gasteiger partial charge >= 0.3 is 6.03 Å². The molecule has 1 saturated heterocycles. The summed E-state index contributed by atoms with van der Waals surface area (Å²) in [4.78, 5) is 13.8. The molecule has 2 rings (SSSR count). The van der Waals surface area contributed by atoms with Gasteiger partial charge in [0.15, 0.2) is 0 Å². The molecule has 128 valence electrons. The molecule has 0 aliphatic carbocycles. The number of hydrogen-bond donors (Lipinski definition) is 2. The van der Waals surface area contributed by atoms with Crippen LogP contribution in [0.1, 0.15) is 31.2 Å². The highest BCUT2D eigenvalue weighted by atomic mass is 16.5. The number of aryl methyl sites for hydroxylation is 1. The molecule has 1 aromatic rings. The minimum absolute atomic E-state index is 0.0147. The summed E-state index contributed by atoms with van der Waals surface area (Å²) in [6.45, 7) is 5.12. The molecule has 0 saturated carbocycles. The fraction of sp³-hybridized carbons (Fsp3) is 0.611. The minimum Gasteiger partial charge on any atom is -0.494 e. The first-order valence-corrected chi connectivity index (χ1v) is 8.52. The van der Waals surface area contributed by atoms with Gasteiger partial charge in [-0.3, -0.25) is 0 Å². The maximum Gasteiger partial charge on any atom is 0.317 e. The number of aliphatic hydroxyl groups is 1. The van der Waals surface area contributed by atoms with Crippen LogP contribution in [0.5, 0.6) is 5.75 Å². The molecule has 5 heteroatoms. The van der Waals surface area contributed by atoms with Crippen LogP contribution in [0.4, 0.5) is 4.79 Å². The third-order valence-corrected chi connectivity index (χ3v) is 4.30. The number of hydrogen-bond acceptors (Lipinski definition) is 3. The highest BCUT2D eigenvalue weighted by Crippen LogP contribution is 2.16. The van der Waals surface area contributed by atoms with E-state index in [4.69, 9.17) is 9.84 Å². The zero-order chi connectivity index (χ0) is 16.5. The molecule has 1 aliphatic rings. The van der Waals surface area contributed by atoms with Crippen molar-refractivity contribution in [2.45, 2.75) is 32.6 Å². The molecule has 5 nitrogen and oxygen atoms in total. The van der Waals surface area contributed by atoms with E-state index in [1.807, 2.05) is 29.2 Å². The van der Waals surface area contributed by atoms with E-state index >= 15 is 0 Å². The molecule has 1 aliphatic heterocycles. The second-order valence-corrected chi connectivity index (χ2v) is 6.21. The van der Waals surface area contributed by atoms with Gasteiger partial charge in [-0.05, 0) is 50.7 Å². The van der Waals surface area contributed by atoms with Gasteiger partial charge in [-0.1, -0.05) is 17.7 Å².